The number of aryl methyl sites for hydroxylation is 1. The van der Waals surface area contributed by atoms with Gasteiger partial charge in [-0.1, -0.05) is 30.8 Å². The fraction of sp³-hybridized carbons (Fsp3) is 0.348. The lowest BCUT2D eigenvalue weighted by molar-refractivity contribution is -0.106. The monoisotopic (exact) mass is 463 g/mol. The van der Waals surface area contributed by atoms with Crippen LogP contribution in [0.4, 0.5) is 18.9 Å². The molecule has 1 heterocycles. The van der Waals surface area contributed by atoms with Crippen molar-refractivity contribution in [2.24, 2.45) is 0 Å². The average Bonchev–Trinajstić information content (AvgIpc) is 2.73. The number of sulfonamides is 1. The molecule has 0 spiro atoms. The van der Waals surface area contributed by atoms with E-state index >= 15 is 0 Å². The number of benzene rings is 2. The summed E-state index contributed by atoms with van der Waals surface area (Å²) in [7, 11) is -4.56. The molecule has 0 bridgehead atoms. The minimum absolute atomic E-state index is 0.111. The van der Waals surface area contributed by atoms with E-state index in [1.807, 2.05) is 29.0 Å². The number of hydrogen-bond acceptors (Lipinski definition) is 4. The van der Waals surface area contributed by atoms with E-state index in [2.05, 4.69) is 17.5 Å². The lowest BCUT2D eigenvalue weighted by Crippen LogP contribution is -2.31. The van der Waals surface area contributed by atoms with Gasteiger partial charge in [0.25, 0.3) is 0 Å². The zero-order valence-corrected chi connectivity index (χ0v) is 18.4. The lowest BCUT2D eigenvalue weighted by atomic mass is 9.88. The Labute approximate surface area is 186 Å². The minimum atomic E-state index is -4.82. The van der Waals surface area contributed by atoms with Gasteiger partial charge in [0.1, 0.15) is 0 Å². The van der Waals surface area contributed by atoms with Gasteiger partial charge >= 0.3 is 6.18 Å². The Morgan fingerprint density at radius 2 is 1.81 bits per heavy atom. The lowest BCUT2D eigenvalue weighted by Gasteiger charge is -2.35. The van der Waals surface area contributed by atoms with Crippen molar-refractivity contribution in [1.82, 2.24) is 4.90 Å². The van der Waals surface area contributed by atoms with Crippen molar-refractivity contribution in [1.29, 1.82) is 5.26 Å². The Hall–Kier alpha value is -2.99. The largest absolute Gasteiger partial charge is 0.404 e. The van der Waals surface area contributed by atoms with Crippen LogP contribution in [0.15, 0.2) is 49.0 Å². The van der Waals surface area contributed by atoms with Gasteiger partial charge in [0.2, 0.25) is 10.0 Å². The molecule has 0 atom stereocenters. The van der Waals surface area contributed by atoms with Crippen molar-refractivity contribution in [3.05, 3.63) is 71.3 Å². The molecule has 2 aromatic carbocycles. The number of halogens is 3. The van der Waals surface area contributed by atoms with Crippen LogP contribution >= 0.6 is 0 Å². The second kappa shape index (κ2) is 9.25. The zero-order valence-electron chi connectivity index (χ0n) is 17.6. The van der Waals surface area contributed by atoms with Crippen LogP contribution < -0.4 is 4.72 Å². The molecule has 32 heavy (non-hydrogen) atoms. The molecule has 1 aliphatic rings. The molecular weight excluding hydrogens is 439 g/mol. The number of hydrogen-bond donors (Lipinski definition) is 1. The first-order valence-electron chi connectivity index (χ1n) is 10.1. The number of rotatable bonds is 6. The summed E-state index contributed by atoms with van der Waals surface area (Å²) >= 11 is 0. The van der Waals surface area contributed by atoms with Gasteiger partial charge < -0.3 is 4.90 Å². The number of alkyl halides is 3. The third kappa shape index (κ3) is 6.04. The van der Waals surface area contributed by atoms with Gasteiger partial charge in [-0.2, -0.15) is 18.4 Å². The standard InChI is InChI=1S/C23H24F3N3O2S/c1-16-3-6-21(13-22(16)28-32(30,31)15-23(24,25)26)17(2)29-11-9-20(10-12-29)19-7-4-18(14-27)5-8-19/h3-8,13,20,28H,2,9-12,15H2,1H3. The number of nitrogens with zero attached hydrogens (tertiary/aromatic N) is 2. The highest BCUT2D eigenvalue weighted by Gasteiger charge is 2.35. The summed E-state index contributed by atoms with van der Waals surface area (Å²) in [6.45, 7) is 7.24. The van der Waals surface area contributed by atoms with E-state index in [-0.39, 0.29) is 5.69 Å². The van der Waals surface area contributed by atoms with E-state index in [1.165, 1.54) is 11.6 Å². The van der Waals surface area contributed by atoms with Crippen molar-refractivity contribution < 1.29 is 21.6 Å². The second-order valence-corrected chi connectivity index (χ2v) is 9.67. The molecule has 0 unspecified atom stereocenters. The predicted molar refractivity (Wildman–Crippen MR) is 118 cm³/mol. The molecule has 3 rings (SSSR count). The summed E-state index contributed by atoms with van der Waals surface area (Å²) in [5.74, 6) is -1.57. The molecule has 0 saturated carbocycles. The average molecular weight is 464 g/mol. The molecule has 0 aromatic heterocycles. The molecule has 0 amide bonds. The molecule has 1 aliphatic heterocycles. The van der Waals surface area contributed by atoms with Crippen molar-refractivity contribution >= 4 is 21.4 Å². The van der Waals surface area contributed by atoms with Gasteiger partial charge in [0.05, 0.1) is 17.3 Å². The van der Waals surface area contributed by atoms with E-state index in [0.29, 0.717) is 28.3 Å². The van der Waals surface area contributed by atoms with Crippen LogP contribution in [0.2, 0.25) is 0 Å². The summed E-state index contributed by atoms with van der Waals surface area (Å²) in [5.41, 5.74) is 3.79. The first-order chi connectivity index (χ1) is 15.0. The molecule has 5 nitrogen and oxygen atoms in total. The number of nitriles is 1. The van der Waals surface area contributed by atoms with Crippen molar-refractivity contribution in [3.63, 3.8) is 0 Å². The first-order valence-corrected chi connectivity index (χ1v) is 11.7. The number of anilines is 1. The Morgan fingerprint density at radius 3 is 2.38 bits per heavy atom. The van der Waals surface area contributed by atoms with Gasteiger partial charge in [-0.15, -0.1) is 0 Å². The maximum Gasteiger partial charge on any atom is 0.404 e. The molecule has 1 N–H and O–H groups in total. The van der Waals surface area contributed by atoms with Crippen molar-refractivity contribution in [2.45, 2.75) is 31.9 Å². The highest BCUT2D eigenvalue weighted by Crippen LogP contribution is 2.33. The normalized spacial score (nSPS) is 15.3. The van der Waals surface area contributed by atoms with E-state index in [1.54, 1.807) is 19.1 Å². The number of nitrogens with one attached hydrogen (secondary N) is 1. The molecule has 2 aromatic rings. The fourth-order valence-electron chi connectivity index (χ4n) is 3.83. The van der Waals surface area contributed by atoms with Crippen molar-refractivity contribution in [2.75, 3.05) is 23.6 Å². The quantitative estimate of drug-likeness (QED) is 0.653. The highest BCUT2D eigenvalue weighted by molar-refractivity contribution is 7.92. The van der Waals surface area contributed by atoms with Crippen LogP contribution in [0, 0.1) is 18.3 Å². The predicted octanol–water partition coefficient (Wildman–Crippen LogP) is 5.02. The third-order valence-corrected chi connectivity index (χ3v) is 6.82. The van der Waals surface area contributed by atoms with E-state index in [9.17, 15) is 21.6 Å². The second-order valence-electron chi connectivity index (χ2n) is 7.95. The first kappa shape index (κ1) is 23.7. The molecule has 0 aliphatic carbocycles. The summed E-state index contributed by atoms with van der Waals surface area (Å²) in [6, 6.07) is 14.7. The summed E-state index contributed by atoms with van der Waals surface area (Å²) in [5, 5.41) is 8.94. The van der Waals surface area contributed by atoms with Crippen LogP contribution in [0.5, 0.6) is 0 Å². The molecular formula is C23H24F3N3O2S. The third-order valence-electron chi connectivity index (χ3n) is 5.58. The zero-order chi connectivity index (χ0) is 23.5. The molecule has 1 fully saturated rings. The Balaban J connectivity index is 1.68. The molecule has 0 radical (unpaired) electrons. The van der Waals surface area contributed by atoms with E-state index < -0.39 is 22.0 Å². The number of piperidine rings is 1. The van der Waals surface area contributed by atoms with Gasteiger partial charge in [0.15, 0.2) is 5.75 Å². The maximum absolute atomic E-state index is 12.5. The van der Waals surface area contributed by atoms with Crippen LogP contribution in [0.1, 0.15) is 41.0 Å². The van der Waals surface area contributed by atoms with E-state index in [0.717, 1.165) is 25.9 Å². The van der Waals surface area contributed by atoms with Gasteiger partial charge in [-0.3, -0.25) is 4.72 Å². The van der Waals surface area contributed by atoms with Gasteiger partial charge in [0, 0.05) is 18.8 Å². The number of likely N-dealkylation sites (tertiary alicyclic amines) is 1. The topological polar surface area (TPSA) is 73.2 Å². The Kier molecular flexibility index (Phi) is 6.84. The maximum atomic E-state index is 12.5. The summed E-state index contributed by atoms with van der Waals surface area (Å²) in [4.78, 5) is 2.10. The van der Waals surface area contributed by atoms with Crippen LogP contribution in [-0.2, 0) is 10.0 Å². The Bertz CT molecular complexity index is 1130. The fourth-order valence-corrected chi connectivity index (χ4v) is 4.88. The molecule has 9 heteroatoms. The van der Waals surface area contributed by atoms with Crippen molar-refractivity contribution in [3.8, 4) is 6.07 Å². The summed E-state index contributed by atoms with van der Waals surface area (Å²) < 4.78 is 63.4. The SMILES string of the molecule is C=C(c1ccc(C)c(NS(=O)(=O)CC(F)(F)F)c1)N1CCC(c2ccc(C#N)cc2)CC1. The highest BCUT2D eigenvalue weighted by atomic mass is 32.2. The molecule has 1 saturated heterocycles. The molecule has 170 valence electrons. The van der Waals surface area contributed by atoms with Crippen LogP contribution in [0.25, 0.3) is 5.70 Å². The Morgan fingerprint density at radius 1 is 1.19 bits per heavy atom. The van der Waals surface area contributed by atoms with Crippen LogP contribution in [-0.4, -0.2) is 38.3 Å². The smallest absolute Gasteiger partial charge is 0.371 e. The minimum Gasteiger partial charge on any atom is -0.371 e. The van der Waals surface area contributed by atoms with Gasteiger partial charge in [-0.05, 0) is 60.6 Å². The van der Waals surface area contributed by atoms with E-state index in [4.69, 9.17) is 5.26 Å². The van der Waals surface area contributed by atoms with Crippen LogP contribution in [0.3, 0.4) is 0 Å². The summed E-state index contributed by atoms with van der Waals surface area (Å²) in [6.07, 6.45) is -3.04. The van der Waals surface area contributed by atoms with Gasteiger partial charge in [-0.25, -0.2) is 8.42 Å².